The van der Waals surface area contributed by atoms with E-state index in [1.807, 2.05) is 0 Å². The van der Waals surface area contributed by atoms with Gasteiger partial charge in [-0.05, 0) is 13.8 Å². The quantitative estimate of drug-likeness (QED) is 0.839. The number of carbonyl (C=O) groups is 1. The highest BCUT2D eigenvalue weighted by Crippen LogP contribution is 2.28. The summed E-state index contributed by atoms with van der Waals surface area (Å²) in [5.74, 6) is -1.25. The van der Waals surface area contributed by atoms with Gasteiger partial charge in [-0.25, -0.2) is 4.98 Å². The van der Waals surface area contributed by atoms with Crippen molar-refractivity contribution in [2.45, 2.75) is 38.1 Å². The molecule has 0 saturated heterocycles. The van der Waals surface area contributed by atoms with E-state index in [4.69, 9.17) is 5.73 Å². The van der Waals surface area contributed by atoms with E-state index < -0.39 is 23.7 Å². The summed E-state index contributed by atoms with van der Waals surface area (Å²) in [4.78, 5) is 15.3. The van der Waals surface area contributed by atoms with Gasteiger partial charge in [-0.15, -0.1) is 0 Å². The normalized spacial score (nSPS) is 17.0. The fourth-order valence-corrected chi connectivity index (χ4v) is 1.26. The molecule has 0 aromatic carbocycles. The van der Waals surface area contributed by atoms with Crippen LogP contribution in [0.3, 0.4) is 0 Å². The fourth-order valence-electron chi connectivity index (χ4n) is 1.26. The average Bonchev–Trinajstić information content (AvgIpc) is 2.68. The zero-order chi connectivity index (χ0) is 14.0. The van der Waals surface area contributed by atoms with Crippen LogP contribution in [0.2, 0.25) is 0 Å². The van der Waals surface area contributed by atoms with Gasteiger partial charge in [-0.1, -0.05) is 0 Å². The highest BCUT2D eigenvalue weighted by Gasteiger charge is 2.54. The molecule has 3 N–H and O–H groups in total. The minimum absolute atomic E-state index is 0.319. The van der Waals surface area contributed by atoms with Crippen LogP contribution < -0.4 is 11.1 Å². The molecule has 1 aromatic heterocycles. The first-order valence-corrected chi connectivity index (χ1v) is 5.27. The average molecular weight is 264 g/mol. The maximum atomic E-state index is 12.5. The molecule has 0 bridgehead atoms. The second-order valence-corrected chi connectivity index (χ2v) is 4.33. The number of carbonyl (C=O) groups excluding carboxylic acids is 1. The summed E-state index contributed by atoms with van der Waals surface area (Å²) in [6.45, 7) is 2.55. The van der Waals surface area contributed by atoms with Crippen molar-refractivity contribution in [3.63, 3.8) is 0 Å². The standard InChI is InChI=1S/C10H15F3N4O/c1-7(5-17-4-3-15-6-17)16-8(18)9(2,14)10(11,12)13/h3-4,6-7H,5,14H2,1-2H3,(H,16,18). The molecule has 0 fully saturated rings. The van der Waals surface area contributed by atoms with Gasteiger partial charge in [0, 0.05) is 25.0 Å². The van der Waals surface area contributed by atoms with E-state index in [0.29, 0.717) is 13.5 Å². The van der Waals surface area contributed by atoms with Crippen molar-refractivity contribution in [2.24, 2.45) is 5.73 Å². The topological polar surface area (TPSA) is 72.9 Å². The van der Waals surface area contributed by atoms with Crippen LogP contribution in [-0.4, -0.2) is 33.2 Å². The van der Waals surface area contributed by atoms with Crippen LogP contribution in [-0.2, 0) is 11.3 Å². The molecule has 102 valence electrons. The SMILES string of the molecule is CC(Cn1ccnc1)NC(=O)C(C)(N)C(F)(F)F. The Hall–Kier alpha value is -1.57. The van der Waals surface area contributed by atoms with Gasteiger partial charge in [0.25, 0.3) is 0 Å². The fraction of sp³-hybridized carbons (Fsp3) is 0.600. The molecule has 0 aliphatic carbocycles. The predicted molar refractivity (Wildman–Crippen MR) is 58.5 cm³/mol. The summed E-state index contributed by atoms with van der Waals surface area (Å²) < 4.78 is 39.2. The number of nitrogens with one attached hydrogen (secondary N) is 1. The minimum atomic E-state index is -4.79. The predicted octanol–water partition coefficient (Wildman–Crippen LogP) is 0.668. The van der Waals surface area contributed by atoms with Crippen LogP contribution in [0, 0.1) is 0 Å². The molecular formula is C10H15F3N4O. The molecule has 0 radical (unpaired) electrons. The van der Waals surface area contributed by atoms with E-state index in [1.54, 1.807) is 17.7 Å². The second-order valence-electron chi connectivity index (χ2n) is 4.33. The first-order chi connectivity index (χ1) is 8.14. The van der Waals surface area contributed by atoms with Gasteiger partial charge >= 0.3 is 6.18 Å². The molecule has 8 heteroatoms. The summed E-state index contributed by atoms with van der Waals surface area (Å²) in [6.07, 6.45) is -0.0920. The van der Waals surface area contributed by atoms with Crippen LogP contribution in [0.15, 0.2) is 18.7 Å². The zero-order valence-electron chi connectivity index (χ0n) is 10.0. The molecule has 18 heavy (non-hydrogen) atoms. The van der Waals surface area contributed by atoms with Crippen molar-refractivity contribution in [3.05, 3.63) is 18.7 Å². The number of hydrogen-bond acceptors (Lipinski definition) is 3. The Bertz CT molecular complexity index is 400. The van der Waals surface area contributed by atoms with Crippen molar-refractivity contribution in [2.75, 3.05) is 0 Å². The van der Waals surface area contributed by atoms with Gasteiger partial charge in [0.2, 0.25) is 5.91 Å². The number of amides is 1. The molecule has 0 saturated carbocycles. The summed E-state index contributed by atoms with van der Waals surface area (Å²) in [5.41, 5.74) is 2.11. The lowest BCUT2D eigenvalue weighted by molar-refractivity contribution is -0.187. The van der Waals surface area contributed by atoms with E-state index in [9.17, 15) is 18.0 Å². The van der Waals surface area contributed by atoms with Crippen molar-refractivity contribution < 1.29 is 18.0 Å². The number of hydrogen-bond donors (Lipinski definition) is 2. The van der Waals surface area contributed by atoms with Crippen LogP contribution in [0.5, 0.6) is 0 Å². The Balaban J connectivity index is 2.59. The molecular weight excluding hydrogens is 249 g/mol. The summed E-state index contributed by atoms with van der Waals surface area (Å²) in [6, 6.07) is -0.489. The Labute approximate surface area is 102 Å². The number of aromatic nitrogens is 2. The minimum Gasteiger partial charge on any atom is -0.350 e. The first-order valence-electron chi connectivity index (χ1n) is 5.27. The largest absolute Gasteiger partial charge is 0.415 e. The van der Waals surface area contributed by atoms with Crippen molar-refractivity contribution in [3.8, 4) is 0 Å². The molecule has 2 atom stereocenters. The lowest BCUT2D eigenvalue weighted by Gasteiger charge is -2.28. The third-order valence-electron chi connectivity index (χ3n) is 2.48. The van der Waals surface area contributed by atoms with E-state index in [0.717, 1.165) is 0 Å². The lowest BCUT2D eigenvalue weighted by Crippen LogP contribution is -2.62. The molecule has 1 amide bonds. The summed E-state index contributed by atoms with van der Waals surface area (Å²) in [7, 11) is 0. The maximum Gasteiger partial charge on any atom is 0.415 e. The van der Waals surface area contributed by atoms with Crippen LogP contribution >= 0.6 is 0 Å². The number of nitrogens with zero attached hydrogens (tertiary/aromatic N) is 2. The van der Waals surface area contributed by atoms with Gasteiger partial charge in [-0.2, -0.15) is 13.2 Å². The third kappa shape index (κ3) is 3.22. The van der Waals surface area contributed by atoms with Gasteiger partial charge < -0.3 is 15.6 Å². The molecule has 2 unspecified atom stereocenters. The number of halogens is 3. The van der Waals surface area contributed by atoms with E-state index in [2.05, 4.69) is 10.3 Å². The number of nitrogens with two attached hydrogens (primary N) is 1. The third-order valence-corrected chi connectivity index (χ3v) is 2.48. The molecule has 1 rings (SSSR count). The smallest absolute Gasteiger partial charge is 0.350 e. The molecule has 5 nitrogen and oxygen atoms in total. The Morgan fingerprint density at radius 1 is 1.56 bits per heavy atom. The van der Waals surface area contributed by atoms with Gasteiger partial charge in [0.05, 0.1) is 6.33 Å². The zero-order valence-corrected chi connectivity index (χ0v) is 10.0. The summed E-state index contributed by atoms with van der Waals surface area (Å²) in [5, 5.41) is 2.23. The lowest BCUT2D eigenvalue weighted by atomic mass is 10.0. The number of rotatable bonds is 4. The van der Waals surface area contributed by atoms with Crippen molar-refractivity contribution >= 4 is 5.91 Å². The van der Waals surface area contributed by atoms with Crippen molar-refractivity contribution in [1.82, 2.24) is 14.9 Å². The Morgan fingerprint density at radius 2 is 2.17 bits per heavy atom. The molecule has 0 aliphatic heterocycles. The van der Waals surface area contributed by atoms with E-state index in [-0.39, 0.29) is 0 Å². The Kier molecular flexibility index (Phi) is 4.00. The van der Waals surface area contributed by atoms with Gasteiger partial charge in [-0.3, -0.25) is 4.79 Å². The van der Waals surface area contributed by atoms with Crippen LogP contribution in [0.4, 0.5) is 13.2 Å². The highest BCUT2D eigenvalue weighted by molar-refractivity contribution is 5.86. The van der Waals surface area contributed by atoms with Crippen molar-refractivity contribution in [1.29, 1.82) is 0 Å². The van der Waals surface area contributed by atoms with Gasteiger partial charge in [0.1, 0.15) is 0 Å². The highest BCUT2D eigenvalue weighted by atomic mass is 19.4. The van der Waals surface area contributed by atoms with Crippen LogP contribution in [0.25, 0.3) is 0 Å². The number of alkyl halides is 3. The Morgan fingerprint density at radius 3 is 2.61 bits per heavy atom. The summed E-state index contributed by atoms with van der Waals surface area (Å²) >= 11 is 0. The molecule has 0 aliphatic rings. The second kappa shape index (κ2) is 4.97. The maximum absolute atomic E-state index is 12.5. The van der Waals surface area contributed by atoms with Gasteiger partial charge in [0.15, 0.2) is 5.54 Å². The molecule has 0 spiro atoms. The monoisotopic (exact) mass is 264 g/mol. The van der Waals surface area contributed by atoms with Crippen LogP contribution in [0.1, 0.15) is 13.8 Å². The van der Waals surface area contributed by atoms with E-state index >= 15 is 0 Å². The van der Waals surface area contributed by atoms with E-state index in [1.165, 1.54) is 12.5 Å². The molecule has 1 aromatic rings. The molecule has 1 heterocycles. The first kappa shape index (κ1) is 14.5. The number of imidazole rings is 1.